The van der Waals surface area contributed by atoms with Gasteiger partial charge in [-0.2, -0.15) is 5.10 Å². The number of aromatic nitrogens is 5. The molecule has 0 radical (unpaired) electrons. The minimum atomic E-state index is 0.0445. The SMILES string of the molecule is CCCCC(=O)Nc1cccc(-c2ccc3[nH]nc(-c4nc5c(-c6ccc(C)s6)cncc5[nH]4)c3c2)c1. The molecule has 0 saturated heterocycles. The maximum absolute atomic E-state index is 12.2. The molecular formula is C29H26N6OS. The molecule has 4 aromatic heterocycles. The van der Waals surface area contributed by atoms with Crippen LogP contribution < -0.4 is 5.32 Å². The molecule has 4 heterocycles. The maximum Gasteiger partial charge on any atom is 0.224 e. The number of nitrogens with one attached hydrogen (secondary N) is 3. The number of fused-ring (bicyclic) bond motifs is 2. The van der Waals surface area contributed by atoms with E-state index in [2.05, 4.69) is 63.6 Å². The molecule has 0 bridgehead atoms. The molecule has 1 amide bonds. The molecule has 0 aliphatic heterocycles. The molecule has 37 heavy (non-hydrogen) atoms. The first-order chi connectivity index (χ1) is 18.1. The molecule has 0 saturated carbocycles. The zero-order valence-electron chi connectivity index (χ0n) is 20.6. The molecular weight excluding hydrogens is 480 g/mol. The lowest BCUT2D eigenvalue weighted by molar-refractivity contribution is -0.116. The smallest absolute Gasteiger partial charge is 0.224 e. The molecule has 2 aromatic carbocycles. The Balaban J connectivity index is 1.37. The number of anilines is 1. The number of hydrogen-bond donors (Lipinski definition) is 3. The van der Waals surface area contributed by atoms with Gasteiger partial charge in [0.25, 0.3) is 0 Å². The molecule has 0 unspecified atom stereocenters. The Hall–Kier alpha value is -4.30. The number of aromatic amines is 2. The van der Waals surface area contributed by atoms with Crippen LogP contribution in [-0.4, -0.2) is 31.1 Å². The van der Waals surface area contributed by atoms with Crippen LogP contribution >= 0.6 is 11.3 Å². The number of imidazole rings is 1. The number of H-pyrrole nitrogens is 2. The number of carbonyl (C=O) groups excluding carboxylic acids is 1. The number of carbonyl (C=O) groups is 1. The second-order valence-electron chi connectivity index (χ2n) is 9.14. The van der Waals surface area contributed by atoms with E-state index in [4.69, 9.17) is 4.98 Å². The lowest BCUT2D eigenvalue weighted by atomic mass is 10.0. The normalized spacial score (nSPS) is 11.4. The van der Waals surface area contributed by atoms with Crippen LogP contribution in [0.2, 0.25) is 0 Å². The van der Waals surface area contributed by atoms with E-state index in [1.54, 1.807) is 17.5 Å². The number of hydrogen-bond acceptors (Lipinski definition) is 5. The summed E-state index contributed by atoms with van der Waals surface area (Å²) in [4.78, 5) is 27.4. The van der Waals surface area contributed by atoms with Crippen molar-refractivity contribution >= 4 is 44.9 Å². The summed E-state index contributed by atoms with van der Waals surface area (Å²) in [5.41, 5.74) is 7.30. The molecule has 6 aromatic rings. The zero-order chi connectivity index (χ0) is 25.4. The van der Waals surface area contributed by atoms with E-state index < -0.39 is 0 Å². The molecule has 0 fully saturated rings. The van der Waals surface area contributed by atoms with E-state index in [0.717, 1.165) is 67.7 Å². The van der Waals surface area contributed by atoms with Crippen LogP contribution in [0.1, 0.15) is 31.1 Å². The Labute approximate surface area is 218 Å². The van der Waals surface area contributed by atoms with Gasteiger partial charge in [-0.15, -0.1) is 11.3 Å². The van der Waals surface area contributed by atoms with E-state index in [-0.39, 0.29) is 5.91 Å². The molecule has 0 aliphatic rings. The van der Waals surface area contributed by atoms with Gasteiger partial charge in [0.1, 0.15) is 11.2 Å². The minimum absolute atomic E-state index is 0.0445. The zero-order valence-corrected chi connectivity index (χ0v) is 21.4. The van der Waals surface area contributed by atoms with Crippen LogP contribution in [0.5, 0.6) is 0 Å². The monoisotopic (exact) mass is 506 g/mol. The summed E-state index contributed by atoms with van der Waals surface area (Å²) in [5.74, 6) is 0.737. The molecule has 0 spiro atoms. The van der Waals surface area contributed by atoms with Crippen molar-refractivity contribution in [2.45, 2.75) is 33.1 Å². The maximum atomic E-state index is 12.2. The van der Waals surface area contributed by atoms with Crippen LogP contribution in [0.3, 0.4) is 0 Å². The highest BCUT2D eigenvalue weighted by Gasteiger charge is 2.17. The topological polar surface area (TPSA) is 99.3 Å². The minimum Gasteiger partial charge on any atom is -0.335 e. The summed E-state index contributed by atoms with van der Waals surface area (Å²) in [5, 5.41) is 11.7. The van der Waals surface area contributed by atoms with Crippen LogP contribution in [0.15, 0.2) is 67.0 Å². The van der Waals surface area contributed by atoms with Crippen LogP contribution in [0, 0.1) is 6.92 Å². The van der Waals surface area contributed by atoms with Crippen molar-refractivity contribution in [3.8, 4) is 33.1 Å². The highest BCUT2D eigenvalue weighted by Crippen LogP contribution is 2.35. The highest BCUT2D eigenvalue weighted by atomic mass is 32.1. The van der Waals surface area contributed by atoms with Gasteiger partial charge in [-0.3, -0.25) is 14.9 Å². The average molecular weight is 507 g/mol. The molecule has 184 valence electrons. The Morgan fingerprint density at radius 2 is 1.92 bits per heavy atom. The lowest BCUT2D eigenvalue weighted by Gasteiger charge is -2.08. The summed E-state index contributed by atoms with van der Waals surface area (Å²) in [6, 6.07) is 18.4. The molecule has 3 N–H and O–H groups in total. The Morgan fingerprint density at radius 3 is 2.76 bits per heavy atom. The Morgan fingerprint density at radius 1 is 1.03 bits per heavy atom. The van der Waals surface area contributed by atoms with E-state index in [0.29, 0.717) is 12.2 Å². The third-order valence-corrected chi connectivity index (χ3v) is 7.46. The number of unbranched alkanes of at least 4 members (excludes halogenated alkanes) is 1. The van der Waals surface area contributed by atoms with Gasteiger partial charge in [-0.25, -0.2) is 4.98 Å². The first kappa shape index (κ1) is 23.1. The Kier molecular flexibility index (Phi) is 6.02. The summed E-state index contributed by atoms with van der Waals surface area (Å²) < 4.78 is 0. The van der Waals surface area contributed by atoms with E-state index in [1.807, 2.05) is 36.5 Å². The van der Waals surface area contributed by atoms with E-state index in [1.165, 1.54) is 4.88 Å². The van der Waals surface area contributed by atoms with Crippen molar-refractivity contribution < 1.29 is 4.79 Å². The lowest BCUT2D eigenvalue weighted by Crippen LogP contribution is -2.10. The second kappa shape index (κ2) is 9.63. The predicted molar refractivity (Wildman–Crippen MR) is 151 cm³/mol. The van der Waals surface area contributed by atoms with Crippen LogP contribution in [0.25, 0.3) is 55.0 Å². The van der Waals surface area contributed by atoms with Gasteiger partial charge in [0.15, 0.2) is 5.82 Å². The number of benzene rings is 2. The molecule has 7 nitrogen and oxygen atoms in total. The number of rotatable bonds is 7. The first-order valence-electron chi connectivity index (χ1n) is 12.4. The third-order valence-electron chi connectivity index (χ3n) is 6.42. The van der Waals surface area contributed by atoms with Gasteiger partial charge in [0, 0.05) is 39.0 Å². The van der Waals surface area contributed by atoms with Gasteiger partial charge in [-0.05, 0) is 60.9 Å². The number of nitrogens with zero attached hydrogens (tertiary/aromatic N) is 3. The second-order valence-corrected chi connectivity index (χ2v) is 10.4. The summed E-state index contributed by atoms with van der Waals surface area (Å²) >= 11 is 1.73. The first-order valence-corrected chi connectivity index (χ1v) is 13.2. The van der Waals surface area contributed by atoms with Gasteiger partial charge >= 0.3 is 0 Å². The van der Waals surface area contributed by atoms with Crippen molar-refractivity contribution in [3.63, 3.8) is 0 Å². The summed E-state index contributed by atoms with van der Waals surface area (Å²) in [6.07, 6.45) is 6.09. The Bertz CT molecular complexity index is 1740. The van der Waals surface area contributed by atoms with Crippen molar-refractivity contribution in [2.75, 3.05) is 5.32 Å². The molecule has 0 atom stereocenters. The largest absolute Gasteiger partial charge is 0.335 e. The average Bonchev–Trinajstić information content (AvgIpc) is 3.64. The fourth-order valence-electron chi connectivity index (χ4n) is 4.52. The van der Waals surface area contributed by atoms with Crippen molar-refractivity contribution in [2.24, 2.45) is 0 Å². The van der Waals surface area contributed by atoms with Gasteiger partial charge in [0.05, 0.1) is 17.2 Å². The quantitative estimate of drug-likeness (QED) is 0.211. The number of pyridine rings is 1. The standard InChI is InChI=1S/C29H26N6OS/c1-3-4-8-26(36)31-20-7-5-6-18(13-20)19-10-11-23-21(14-19)28(35-34-23)29-32-24-16-30-15-22(27(24)33-29)25-12-9-17(2)37-25/h5-7,9-16H,3-4,8H2,1-2H3,(H,31,36)(H,32,33)(H,34,35). The molecule has 8 heteroatoms. The number of thiophene rings is 1. The fraction of sp³-hybridized carbons (Fsp3) is 0.172. The van der Waals surface area contributed by atoms with Gasteiger partial charge < -0.3 is 10.3 Å². The van der Waals surface area contributed by atoms with Crippen LogP contribution in [0.4, 0.5) is 5.69 Å². The van der Waals surface area contributed by atoms with E-state index in [9.17, 15) is 4.79 Å². The van der Waals surface area contributed by atoms with Gasteiger partial charge in [0.2, 0.25) is 5.91 Å². The van der Waals surface area contributed by atoms with Crippen LogP contribution in [-0.2, 0) is 4.79 Å². The number of amides is 1. The van der Waals surface area contributed by atoms with Gasteiger partial charge in [-0.1, -0.05) is 31.5 Å². The molecule has 0 aliphatic carbocycles. The third kappa shape index (κ3) is 4.51. The summed E-state index contributed by atoms with van der Waals surface area (Å²) in [7, 11) is 0. The summed E-state index contributed by atoms with van der Waals surface area (Å²) in [6.45, 7) is 4.18. The predicted octanol–water partition coefficient (Wildman–Crippen LogP) is 7.33. The highest BCUT2D eigenvalue weighted by molar-refractivity contribution is 7.15. The van der Waals surface area contributed by atoms with Crippen molar-refractivity contribution in [1.82, 2.24) is 25.1 Å². The fourth-order valence-corrected chi connectivity index (χ4v) is 5.39. The van der Waals surface area contributed by atoms with Crippen molar-refractivity contribution in [3.05, 3.63) is 71.9 Å². The number of aryl methyl sites for hydroxylation is 1. The van der Waals surface area contributed by atoms with Crippen molar-refractivity contribution in [1.29, 1.82) is 0 Å². The van der Waals surface area contributed by atoms with E-state index >= 15 is 0 Å². The molecule has 6 rings (SSSR count).